The SMILES string of the molecule is CCN(CC)CCN1C(=O)C(=O)C(=C(O)c2ccccc2)C1c1ccc(F)cc1. The average molecular weight is 396 g/mol. The van der Waals surface area contributed by atoms with Gasteiger partial charge in [-0.1, -0.05) is 56.3 Å². The molecule has 1 saturated heterocycles. The summed E-state index contributed by atoms with van der Waals surface area (Å²) in [6, 6.07) is 13.6. The molecule has 1 aliphatic heterocycles. The quantitative estimate of drug-likeness (QED) is 0.441. The Balaban J connectivity index is 2.07. The minimum absolute atomic E-state index is 0.0346. The molecule has 1 fully saturated rings. The largest absolute Gasteiger partial charge is 0.507 e. The Kier molecular flexibility index (Phi) is 6.44. The Hall–Kier alpha value is -2.99. The molecule has 0 saturated carbocycles. The Morgan fingerprint density at radius 1 is 1.03 bits per heavy atom. The first-order valence-corrected chi connectivity index (χ1v) is 9.79. The highest BCUT2D eigenvalue weighted by molar-refractivity contribution is 6.46. The van der Waals surface area contributed by atoms with Gasteiger partial charge in [-0.2, -0.15) is 0 Å². The van der Waals surface area contributed by atoms with Crippen molar-refractivity contribution >= 4 is 17.4 Å². The molecule has 0 aromatic heterocycles. The molecule has 1 atom stereocenters. The standard InChI is InChI=1S/C23H25FN2O3/c1-3-25(4-2)14-15-26-20(16-10-12-18(24)13-11-16)19(22(28)23(26)29)21(27)17-8-6-5-7-9-17/h5-13,20,27H,3-4,14-15H2,1-2H3. The molecule has 1 unspecified atom stereocenters. The van der Waals surface area contributed by atoms with Crippen molar-refractivity contribution in [1.82, 2.24) is 9.80 Å². The van der Waals surface area contributed by atoms with Gasteiger partial charge in [0.05, 0.1) is 11.6 Å². The van der Waals surface area contributed by atoms with Gasteiger partial charge in [0.2, 0.25) is 0 Å². The molecule has 0 aliphatic carbocycles. The maximum Gasteiger partial charge on any atom is 0.295 e. The van der Waals surface area contributed by atoms with Crippen LogP contribution in [0.4, 0.5) is 4.39 Å². The van der Waals surface area contributed by atoms with Gasteiger partial charge in [-0.05, 0) is 30.8 Å². The van der Waals surface area contributed by atoms with E-state index in [9.17, 15) is 19.1 Å². The highest BCUT2D eigenvalue weighted by Crippen LogP contribution is 2.39. The predicted molar refractivity (Wildman–Crippen MR) is 110 cm³/mol. The minimum atomic E-state index is -0.758. The number of aliphatic hydroxyl groups is 1. The van der Waals surface area contributed by atoms with Crippen LogP contribution in [0.1, 0.15) is 31.0 Å². The first-order valence-electron chi connectivity index (χ1n) is 9.79. The van der Waals surface area contributed by atoms with E-state index in [1.165, 1.54) is 17.0 Å². The summed E-state index contributed by atoms with van der Waals surface area (Å²) in [5.74, 6) is -2.00. The zero-order valence-electron chi connectivity index (χ0n) is 16.6. The molecule has 1 aliphatic rings. The van der Waals surface area contributed by atoms with Crippen LogP contribution in [-0.4, -0.2) is 52.8 Å². The molecule has 2 aromatic rings. The molecule has 3 rings (SSSR count). The van der Waals surface area contributed by atoms with Crippen molar-refractivity contribution in [2.75, 3.05) is 26.2 Å². The summed E-state index contributed by atoms with van der Waals surface area (Å²) in [6.07, 6.45) is 0. The van der Waals surface area contributed by atoms with Crippen molar-refractivity contribution in [3.05, 3.63) is 77.1 Å². The van der Waals surface area contributed by atoms with Crippen molar-refractivity contribution < 1.29 is 19.1 Å². The Morgan fingerprint density at radius 3 is 2.24 bits per heavy atom. The van der Waals surface area contributed by atoms with Crippen LogP contribution in [0.25, 0.3) is 5.76 Å². The summed E-state index contributed by atoms with van der Waals surface area (Å²) in [4.78, 5) is 29.3. The molecule has 2 aromatic carbocycles. The third-order valence-electron chi connectivity index (χ3n) is 5.32. The molecule has 29 heavy (non-hydrogen) atoms. The van der Waals surface area contributed by atoms with Crippen molar-refractivity contribution in [2.45, 2.75) is 19.9 Å². The van der Waals surface area contributed by atoms with Crippen molar-refractivity contribution in [2.24, 2.45) is 0 Å². The number of amides is 1. The molecular weight excluding hydrogens is 371 g/mol. The number of hydrogen-bond donors (Lipinski definition) is 1. The number of rotatable bonds is 7. The van der Waals surface area contributed by atoms with Crippen molar-refractivity contribution in [3.63, 3.8) is 0 Å². The molecule has 1 amide bonds. The summed E-state index contributed by atoms with van der Waals surface area (Å²) in [7, 11) is 0. The number of nitrogens with zero attached hydrogens (tertiary/aromatic N) is 2. The van der Waals surface area contributed by atoms with Gasteiger partial charge < -0.3 is 14.9 Å². The van der Waals surface area contributed by atoms with E-state index in [2.05, 4.69) is 4.90 Å². The number of benzene rings is 2. The number of carbonyl (C=O) groups is 2. The van der Waals surface area contributed by atoms with Crippen LogP contribution in [0.15, 0.2) is 60.2 Å². The number of hydrogen-bond acceptors (Lipinski definition) is 4. The van der Waals surface area contributed by atoms with E-state index < -0.39 is 23.5 Å². The molecule has 1 N–H and O–H groups in total. The fraction of sp³-hybridized carbons (Fsp3) is 0.304. The first kappa shape index (κ1) is 20.7. The fourth-order valence-corrected chi connectivity index (χ4v) is 3.64. The number of likely N-dealkylation sites (tertiary alicyclic amines) is 1. The second-order valence-electron chi connectivity index (χ2n) is 6.94. The number of ketones is 1. The highest BCUT2D eigenvalue weighted by Gasteiger charge is 2.45. The van der Waals surface area contributed by atoms with E-state index in [4.69, 9.17) is 0 Å². The maximum atomic E-state index is 13.5. The van der Waals surface area contributed by atoms with Crippen LogP contribution < -0.4 is 0 Å². The van der Waals surface area contributed by atoms with Crippen LogP contribution in [0.2, 0.25) is 0 Å². The van der Waals surface area contributed by atoms with Crippen LogP contribution in [0, 0.1) is 5.82 Å². The van der Waals surface area contributed by atoms with Crippen LogP contribution in [-0.2, 0) is 9.59 Å². The Bertz CT molecular complexity index is 905. The lowest BCUT2D eigenvalue weighted by Gasteiger charge is -2.28. The number of aliphatic hydroxyl groups excluding tert-OH is 1. The summed E-state index contributed by atoms with van der Waals surface area (Å²) >= 11 is 0. The number of carbonyl (C=O) groups excluding carboxylic acids is 2. The van der Waals surface area contributed by atoms with Gasteiger partial charge in [-0.15, -0.1) is 0 Å². The lowest BCUT2D eigenvalue weighted by atomic mass is 9.95. The van der Waals surface area contributed by atoms with Crippen LogP contribution in [0.3, 0.4) is 0 Å². The van der Waals surface area contributed by atoms with Gasteiger partial charge in [0.25, 0.3) is 11.7 Å². The van der Waals surface area contributed by atoms with Gasteiger partial charge in [-0.25, -0.2) is 4.39 Å². The van der Waals surface area contributed by atoms with E-state index in [-0.39, 0.29) is 11.3 Å². The lowest BCUT2D eigenvalue weighted by Crippen LogP contribution is -2.38. The third-order valence-corrected chi connectivity index (χ3v) is 5.32. The van der Waals surface area contributed by atoms with E-state index in [1.54, 1.807) is 42.5 Å². The summed E-state index contributed by atoms with van der Waals surface area (Å²) in [6.45, 7) is 6.65. The van der Waals surface area contributed by atoms with Crippen molar-refractivity contribution in [1.29, 1.82) is 0 Å². The predicted octanol–water partition coefficient (Wildman–Crippen LogP) is 3.59. The maximum absolute atomic E-state index is 13.5. The molecular formula is C23H25FN2O3. The first-order chi connectivity index (χ1) is 14.0. The molecule has 6 heteroatoms. The third kappa shape index (κ3) is 4.22. The Morgan fingerprint density at radius 2 is 1.66 bits per heavy atom. The highest BCUT2D eigenvalue weighted by atomic mass is 19.1. The second kappa shape index (κ2) is 9.01. The summed E-state index contributed by atoms with van der Waals surface area (Å²) < 4.78 is 13.5. The van der Waals surface area contributed by atoms with Gasteiger partial charge in [0.15, 0.2) is 0 Å². The van der Waals surface area contributed by atoms with Crippen LogP contribution >= 0.6 is 0 Å². The normalized spacial score (nSPS) is 18.6. The van der Waals surface area contributed by atoms with Crippen molar-refractivity contribution in [3.8, 4) is 0 Å². The van der Waals surface area contributed by atoms with E-state index in [0.29, 0.717) is 24.2 Å². The monoisotopic (exact) mass is 396 g/mol. The van der Waals surface area contributed by atoms with E-state index in [0.717, 1.165) is 13.1 Å². The molecule has 0 radical (unpaired) electrons. The molecule has 1 heterocycles. The number of likely N-dealkylation sites (N-methyl/N-ethyl adjacent to an activating group) is 1. The molecule has 5 nitrogen and oxygen atoms in total. The van der Waals surface area contributed by atoms with E-state index >= 15 is 0 Å². The fourth-order valence-electron chi connectivity index (χ4n) is 3.64. The van der Waals surface area contributed by atoms with Gasteiger partial charge in [-0.3, -0.25) is 9.59 Å². The minimum Gasteiger partial charge on any atom is -0.507 e. The summed E-state index contributed by atoms with van der Waals surface area (Å²) in [5.41, 5.74) is 1.08. The second-order valence-corrected chi connectivity index (χ2v) is 6.94. The zero-order chi connectivity index (χ0) is 21.0. The van der Waals surface area contributed by atoms with Crippen LogP contribution in [0.5, 0.6) is 0 Å². The summed E-state index contributed by atoms with van der Waals surface area (Å²) in [5, 5.41) is 10.9. The number of Topliss-reactive ketones (excluding diaryl/α,β-unsaturated/α-hetero) is 1. The molecule has 0 spiro atoms. The van der Waals surface area contributed by atoms with Gasteiger partial charge in [0.1, 0.15) is 11.6 Å². The van der Waals surface area contributed by atoms with E-state index in [1.807, 2.05) is 13.8 Å². The van der Waals surface area contributed by atoms with Gasteiger partial charge in [0, 0.05) is 18.7 Å². The molecule has 0 bridgehead atoms. The molecule has 152 valence electrons. The average Bonchev–Trinajstić information content (AvgIpc) is 3.00. The smallest absolute Gasteiger partial charge is 0.295 e. The zero-order valence-corrected chi connectivity index (χ0v) is 16.6. The van der Waals surface area contributed by atoms with Gasteiger partial charge >= 0.3 is 0 Å². The number of halogens is 1. The Labute approximate surface area is 170 Å². The topological polar surface area (TPSA) is 60.9 Å². The lowest BCUT2D eigenvalue weighted by molar-refractivity contribution is -0.140.